The lowest BCUT2D eigenvalue weighted by Crippen LogP contribution is -2.46. The number of rotatable bonds is 6. The second-order valence-electron chi connectivity index (χ2n) is 3.54. The molecule has 80 valence electrons. The van der Waals surface area contributed by atoms with Gasteiger partial charge in [-0.05, 0) is 19.8 Å². The Hall–Kier alpha value is -0.870. The quantitative estimate of drug-likeness (QED) is 0.621. The summed E-state index contributed by atoms with van der Waals surface area (Å²) < 4.78 is 5.38. The molecule has 1 aliphatic carbocycles. The third kappa shape index (κ3) is 3.12. The van der Waals surface area contributed by atoms with Gasteiger partial charge in [0.2, 0.25) is 0 Å². The molecule has 0 saturated heterocycles. The SMILES string of the molecule is C=C(CNC1CC(OCC)C1)C(=O)O. The summed E-state index contributed by atoms with van der Waals surface area (Å²) in [4.78, 5) is 10.4. The van der Waals surface area contributed by atoms with Crippen molar-refractivity contribution in [2.45, 2.75) is 31.9 Å². The Kier molecular flexibility index (Phi) is 4.10. The van der Waals surface area contributed by atoms with E-state index >= 15 is 0 Å². The van der Waals surface area contributed by atoms with Gasteiger partial charge in [-0.15, -0.1) is 0 Å². The van der Waals surface area contributed by atoms with Gasteiger partial charge in [0, 0.05) is 24.8 Å². The molecule has 0 unspecified atom stereocenters. The number of hydrogen-bond donors (Lipinski definition) is 2. The first-order chi connectivity index (χ1) is 6.63. The van der Waals surface area contributed by atoms with Crippen molar-refractivity contribution in [1.29, 1.82) is 0 Å². The number of carboxylic acid groups (broad SMARTS) is 1. The van der Waals surface area contributed by atoms with E-state index in [1.54, 1.807) is 0 Å². The molecule has 4 nitrogen and oxygen atoms in total. The van der Waals surface area contributed by atoms with Crippen molar-refractivity contribution in [3.63, 3.8) is 0 Å². The molecule has 0 radical (unpaired) electrons. The van der Waals surface area contributed by atoms with E-state index in [1.165, 1.54) is 0 Å². The standard InChI is InChI=1S/C10H17NO3/c1-3-14-9-4-8(5-9)11-6-7(2)10(12)13/h8-9,11H,2-6H2,1H3,(H,12,13). The normalized spacial score (nSPS) is 25.5. The van der Waals surface area contributed by atoms with Gasteiger partial charge in [-0.25, -0.2) is 4.79 Å². The van der Waals surface area contributed by atoms with E-state index < -0.39 is 5.97 Å². The molecule has 1 fully saturated rings. The number of hydrogen-bond acceptors (Lipinski definition) is 3. The van der Waals surface area contributed by atoms with E-state index in [0.717, 1.165) is 19.4 Å². The van der Waals surface area contributed by atoms with Crippen LogP contribution in [0.3, 0.4) is 0 Å². The molecule has 0 aromatic rings. The Labute approximate surface area is 83.9 Å². The van der Waals surface area contributed by atoms with Crippen LogP contribution >= 0.6 is 0 Å². The zero-order chi connectivity index (χ0) is 10.6. The van der Waals surface area contributed by atoms with Crippen molar-refractivity contribution in [2.75, 3.05) is 13.2 Å². The minimum absolute atomic E-state index is 0.213. The first-order valence-corrected chi connectivity index (χ1v) is 4.89. The molecule has 1 rings (SSSR count). The fraction of sp³-hybridized carbons (Fsp3) is 0.700. The lowest BCUT2D eigenvalue weighted by atomic mass is 9.89. The van der Waals surface area contributed by atoms with Gasteiger partial charge in [0.1, 0.15) is 0 Å². The Bertz CT molecular complexity index is 221. The first-order valence-electron chi connectivity index (χ1n) is 4.89. The zero-order valence-corrected chi connectivity index (χ0v) is 8.45. The largest absolute Gasteiger partial charge is 0.478 e. The van der Waals surface area contributed by atoms with E-state index in [1.807, 2.05) is 6.92 Å². The predicted octanol–water partition coefficient (Wildman–Crippen LogP) is 0.784. The monoisotopic (exact) mass is 199 g/mol. The number of nitrogens with one attached hydrogen (secondary N) is 1. The highest BCUT2D eigenvalue weighted by Gasteiger charge is 2.29. The second-order valence-corrected chi connectivity index (χ2v) is 3.54. The molecule has 0 spiro atoms. The van der Waals surface area contributed by atoms with Gasteiger partial charge in [-0.1, -0.05) is 6.58 Å². The molecule has 14 heavy (non-hydrogen) atoms. The summed E-state index contributed by atoms with van der Waals surface area (Å²) in [7, 11) is 0. The van der Waals surface area contributed by atoms with Gasteiger partial charge >= 0.3 is 5.97 Å². The van der Waals surface area contributed by atoms with Gasteiger partial charge < -0.3 is 15.2 Å². The summed E-state index contributed by atoms with van der Waals surface area (Å²) in [6, 6.07) is 0.391. The fourth-order valence-electron chi connectivity index (χ4n) is 1.45. The molecular formula is C10H17NO3. The van der Waals surface area contributed by atoms with Crippen LogP contribution in [0.5, 0.6) is 0 Å². The van der Waals surface area contributed by atoms with Crippen molar-refractivity contribution in [1.82, 2.24) is 5.32 Å². The predicted molar refractivity (Wildman–Crippen MR) is 53.2 cm³/mol. The van der Waals surface area contributed by atoms with Gasteiger partial charge in [0.25, 0.3) is 0 Å². The van der Waals surface area contributed by atoms with E-state index in [-0.39, 0.29) is 5.57 Å². The van der Waals surface area contributed by atoms with Crippen LogP contribution in [0, 0.1) is 0 Å². The molecule has 0 atom stereocenters. The van der Waals surface area contributed by atoms with Gasteiger partial charge in [0.15, 0.2) is 0 Å². The smallest absolute Gasteiger partial charge is 0.332 e. The van der Waals surface area contributed by atoms with Crippen LogP contribution in [0.1, 0.15) is 19.8 Å². The van der Waals surface area contributed by atoms with Crippen LogP contribution in [0.4, 0.5) is 0 Å². The van der Waals surface area contributed by atoms with Gasteiger partial charge in [-0.3, -0.25) is 0 Å². The van der Waals surface area contributed by atoms with E-state index in [0.29, 0.717) is 18.7 Å². The Morgan fingerprint density at radius 1 is 1.64 bits per heavy atom. The maximum Gasteiger partial charge on any atom is 0.332 e. The van der Waals surface area contributed by atoms with E-state index in [9.17, 15) is 4.79 Å². The number of aliphatic carboxylic acids is 1. The number of carboxylic acids is 1. The maximum atomic E-state index is 10.4. The van der Waals surface area contributed by atoms with Crippen LogP contribution in [0.15, 0.2) is 12.2 Å². The van der Waals surface area contributed by atoms with Crippen LogP contribution < -0.4 is 5.32 Å². The maximum absolute atomic E-state index is 10.4. The topological polar surface area (TPSA) is 58.6 Å². The summed E-state index contributed by atoms with van der Waals surface area (Å²) in [6.07, 6.45) is 2.30. The summed E-state index contributed by atoms with van der Waals surface area (Å²) in [5, 5.41) is 11.7. The average molecular weight is 199 g/mol. The highest BCUT2D eigenvalue weighted by atomic mass is 16.5. The van der Waals surface area contributed by atoms with Crippen LogP contribution in [-0.4, -0.2) is 36.4 Å². The van der Waals surface area contributed by atoms with Crippen molar-refractivity contribution in [3.8, 4) is 0 Å². The van der Waals surface area contributed by atoms with Crippen LogP contribution in [-0.2, 0) is 9.53 Å². The zero-order valence-electron chi connectivity index (χ0n) is 8.45. The molecule has 0 heterocycles. The molecule has 4 heteroatoms. The molecule has 0 amide bonds. The molecule has 1 aliphatic rings. The van der Waals surface area contributed by atoms with Crippen LogP contribution in [0.2, 0.25) is 0 Å². The van der Waals surface area contributed by atoms with Crippen LogP contribution in [0.25, 0.3) is 0 Å². The summed E-state index contributed by atoms with van der Waals surface area (Å²) in [5.74, 6) is -0.932. The second kappa shape index (κ2) is 5.12. The van der Waals surface area contributed by atoms with Crippen molar-refractivity contribution >= 4 is 5.97 Å². The number of ether oxygens (including phenoxy) is 1. The summed E-state index contributed by atoms with van der Waals surface area (Å²) >= 11 is 0. The molecule has 0 aromatic heterocycles. The molecule has 2 N–H and O–H groups in total. The van der Waals surface area contributed by atoms with Gasteiger partial charge in [0.05, 0.1) is 6.10 Å². The first kappa shape index (κ1) is 11.2. The molecule has 0 aliphatic heterocycles. The summed E-state index contributed by atoms with van der Waals surface area (Å²) in [5.41, 5.74) is 0.213. The van der Waals surface area contributed by atoms with Crippen molar-refractivity contribution in [2.24, 2.45) is 0 Å². The molecule has 1 saturated carbocycles. The highest BCUT2D eigenvalue weighted by molar-refractivity contribution is 5.86. The Morgan fingerprint density at radius 2 is 2.29 bits per heavy atom. The lowest BCUT2D eigenvalue weighted by Gasteiger charge is -2.35. The van der Waals surface area contributed by atoms with E-state index in [2.05, 4.69) is 11.9 Å². The molecule has 0 aromatic carbocycles. The average Bonchev–Trinajstić information content (AvgIpc) is 2.08. The third-order valence-electron chi connectivity index (χ3n) is 2.40. The third-order valence-corrected chi connectivity index (χ3v) is 2.40. The van der Waals surface area contributed by atoms with E-state index in [4.69, 9.17) is 9.84 Å². The van der Waals surface area contributed by atoms with Crippen molar-refractivity contribution < 1.29 is 14.6 Å². The van der Waals surface area contributed by atoms with Crippen molar-refractivity contribution in [3.05, 3.63) is 12.2 Å². The number of carbonyl (C=O) groups is 1. The Morgan fingerprint density at radius 3 is 2.79 bits per heavy atom. The lowest BCUT2D eigenvalue weighted by molar-refractivity contribution is -0.132. The molecule has 0 bridgehead atoms. The molecular weight excluding hydrogens is 182 g/mol. The summed E-state index contributed by atoms with van der Waals surface area (Å²) in [6.45, 7) is 6.54. The highest BCUT2D eigenvalue weighted by Crippen LogP contribution is 2.23. The Balaban J connectivity index is 2.06. The minimum Gasteiger partial charge on any atom is -0.478 e. The fourth-order valence-corrected chi connectivity index (χ4v) is 1.45. The minimum atomic E-state index is -0.932. The van der Waals surface area contributed by atoms with Gasteiger partial charge in [-0.2, -0.15) is 0 Å².